The third-order valence-electron chi connectivity index (χ3n) is 3.74. The Labute approximate surface area is 127 Å². The van der Waals surface area contributed by atoms with Crippen LogP contribution in [0.4, 0.5) is 0 Å². The number of aryl methyl sites for hydroxylation is 1. The Balaban J connectivity index is 2.57. The zero-order chi connectivity index (χ0) is 15.7. The third-order valence-corrected chi connectivity index (χ3v) is 3.74. The van der Waals surface area contributed by atoms with Crippen molar-refractivity contribution in [3.8, 4) is 11.1 Å². The van der Waals surface area contributed by atoms with Crippen molar-refractivity contribution >= 4 is 16.7 Å². The second-order valence-electron chi connectivity index (χ2n) is 5.14. The smallest absolute Gasteiger partial charge is 0.260 e. The van der Waals surface area contributed by atoms with Gasteiger partial charge in [0.05, 0.1) is 5.56 Å². The van der Waals surface area contributed by atoms with Gasteiger partial charge in [-0.1, -0.05) is 49.0 Å². The summed E-state index contributed by atoms with van der Waals surface area (Å²) >= 11 is 0. The van der Waals surface area contributed by atoms with Crippen LogP contribution in [-0.4, -0.2) is 10.8 Å². The van der Waals surface area contributed by atoms with Gasteiger partial charge in [-0.15, -0.1) is 0 Å². The average molecular weight is 289 g/mol. The van der Waals surface area contributed by atoms with E-state index >= 15 is 0 Å². The van der Waals surface area contributed by atoms with Crippen LogP contribution >= 0.6 is 0 Å². The number of carbonyl (C=O) groups is 1. The van der Waals surface area contributed by atoms with Gasteiger partial charge in [-0.05, 0) is 30.2 Å². The number of pyridine rings is 1. The van der Waals surface area contributed by atoms with Crippen molar-refractivity contribution in [1.29, 1.82) is 0 Å². The molecule has 22 heavy (non-hydrogen) atoms. The highest BCUT2D eigenvalue weighted by atomic mass is 16.1. The molecule has 1 N–H and O–H groups in total. The van der Waals surface area contributed by atoms with Gasteiger partial charge >= 0.3 is 0 Å². The molecule has 0 atom stereocenters. The van der Waals surface area contributed by atoms with E-state index in [2.05, 4.69) is 11.6 Å². The normalized spacial score (nSPS) is 10.6. The number of rotatable bonds is 3. The topological polar surface area (TPSA) is 49.9 Å². The van der Waals surface area contributed by atoms with Gasteiger partial charge < -0.3 is 4.98 Å². The van der Waals surface area contributed by atoms with Crippen molar-refractivity contribution in [2.24, 2.45) is 0 Å². The van der Waals surface area contributed by atoms with Crippen molar-refractivity contribution in [3.05, 3.63) is 82.7 Å². The van der Waals surface area contributed by atoms with Gasteiger partial charge in [0.25, 0.3) is 5.56 Å². The maximum atomic E-state index is 12.4. The molecule has 0 spiro atoms. The van der Waals surface area contributed by atoms with Crippen LogP contribution in [0, 0.1) is 6.92 Å². The van der Waals surface area contributed by atoms with E-state index in [9.17, 15) is 9.59 Å². The van der Waals surface area contributed by atoms with Gasteiger partial charge in [0, 0.05) is 16.5 Å². The maximum Gasteiger partial charge on any atom is 0.260 e. The number of fused-ring (bicyclic) bond motifs is 1. The standard InChI is InChI=1S/C19H15NO2/c1-3-15(21)18-17(13-9-5-4-6-10-13)16-12(2)8-7-11-14(16)20-19(18)22/h3-11H,1H2,2H3,(H,20,22). The lowest BCUT2D eigenvalue weighted by molar-refractivity contribution is 0.104. The zero-order valence-electron chi connectivity index (χ0n) is 12.2. The summed E-state index contributed by atoms with van der Waals surface area (Å²) in [5, 5.41) is 0.888. The van der Waals surface area contributed by atoms with Crippen LogP contribution in [-0.2, 0) is 0 Å². The predicted molar refractivity (Wildman–Crippen MR) is 89.3 cm³/mol. The molecule has 0 radical (unpaired) electrons. The number of aromatic amines is 1. The molecule has 3 heteroatoms. The minimum absolute atomic E-state index is 0.142. The lowest BCUT2D eigenvalue weighted by Gasteiger charge is -2.13. The summed E-state index contributed by atoms with van der Waals surface area (Å²) in [4.78, 5) is 27.5. The molecule has 0 unspecified atom stereocenters. The summed E-state index contributed by atoms with van der Waals surface area (Å²) in [6.07, 6.45) is 1.18. The van der Waals surface area contributed by atoms with Crippen LogP contribution in [0.3, 0.4) is 0 Å². The van der Waals surface area contributed by atoms with Crippen molar-refractivity contribution in [3.63, 3.8) is 0 Å². The molecule has 3 rings (SSSR count). The van der Waals surface area contributed by atoms with E-state index in [4.69, 9.17) is 0 Å². The highest BCUT2D eigenvalue weighted by Gasteiger charge is 2.19. The van der Waals surface area contributed by atoms with Gasteiger partial charge in [0.2, 0.25) is 0 Å². The summed E-state index contributed by atoms with van der Waals surface area (Å²) in [6.45, 7) is 5.48. The van der Waals surface area contributed by atoms with E-state index in [1.54, 1.807) is 0 Å². The molecule has 0 saturated heterocycles. The van der Waals surface area contributed by atoms with E-state index < -0.39 is 0 Å². The molecule has 1 aromatic heterocycles. The fourth-order valence-corrected chi connectivity index (χ4v) is 2.76. The number of hydrogen-bond donors (Lipinski definition) is 1. The van der Waals surface area contributed by atoms with Gasteiger partial charge in [-0.25, -0.2) is 0 Å². The summed E-state index contributed by atoms with van der Waals surface area (Å²) in [7, 11) is 0. The van der Waals surface area contributed by atoms with Crippen molar-refractivity contribution in [2.75, 3.05) is 0 Å². The van der Waals surface area contributed by atoms with Crippen LogP contribution < -0.4 is 5.56 Å². The summed E-state index contributed by atoms with van der Waals surface area (Å²) < 4.78 is 0. The monoisotopic (exact) mass is 289 g/mol. The zero-order valence-corrected chi connectivity index (χ0v) is 12.2. The first kappa shape index (κ1) is 14.0. The van der Waals surface area contributed by atoms with Crippen LogP contribution in [0.5, 0.6) is 0 Å². The summed E-state index contributed by atoms with van der Waals surface area (Å²) in [6, 6.07) is 15.2. The van der Waals surface area contributed by atoms with Crippen LogP contribution in [0.15, 0.2) is 66.0 Å². The fourth-order valence-electron chi connectivity index (χ4n) is 2.76. The fraction of sp³-hybridized carbons (Fsp3) is 0.0526. The number of carbonyl (C=O) groups excluding carboxylic acids is 1. The molecule has 3 nitrogen and oxygen atoms in total. The van der Waals surface area contributed by atoms with Crippen molar-refractivity contribution < 1.29 is 4.79 Å². The molecule has 0 saturated carbocycles. The number of hydrogen-bond acceptors (Lipinski definition) is 2. The number of benzene rings is 2. The maximum absolute atomic E-state index is 12.4. The van der Waals surface area contributed by atoms with Crippen LogP contribution in [0.25, 0.3) is 22.0 Å². The Morgan fingerprint density at radius 1 is 1.09 bits per heavy atom. The number of nitrogens with one attached hydrogen (secondary N) is 1. The van der Waals surface area contributed by atoms with E-state index in [0.29, 0.717) is 5.56 Å². The number of ketones is 1. The number of aromatic nitrogens is 1. The van der Waals surface area contributed by atoms with Crippen molar-refractivity contribution in [2.45, 2.75) is 6.92 Å². The molecule has 0 aliphatic rings. The van der Waals surface area contributed by atoms with E-state index in [-0.39, 0.29) is 16.9 Å². The molecular weight excluding hydrogens is 274 g/mol. The van der Waals surface area contributed by atoms with Gasteiger partial charge in [0.15, 0.2) is 5.78 Å². The summed E-state index contributed by atoms with van der Waals surface area (Å²) in [5.41, 5.74) is 3.00. The number of allylic oxidation sites excluding steroid dienone is 1. The lowest BCUT2D eigenvalue weighted by Crippen LogP contribution is -2.18. The molecule has 0 amide bonds. The first-order chi connectivity index (χ1) is 10.6. The molecule has 0 fully saturated rings. The first-order valence-corrected chi connectivity index (χ1v) is 7.01. The Bertz CT molecular complexity index is 937. The van der Waals surface area contributed by atoms with Gasteiger partial charge in [-0.2, -0.15) is 0 Å². The molecule has 3 aromatic rings. The molecule has 0 bridgehead atoms. The lowest BCUT2D eigenvalue weighted by atomic mass is 9.92. The highest BCUT2D eigenvalue weighted by molar-refractivity contribution is 6.14. The van der Waals surface area contributed by atoms with Gasteiger partial charge in [-0.3, -0.25) is 9.59 Å². The average Bonchev–Trinajstić information content (AvgIpc) is 2.54. The van der Waals surface area contributed by atoms with E-state index in [1.807, 2.05) is 55.5 Å². The Kier molecular flexibility index (Phi) is 3.47. The SMILES string of the molecule is C=CC(=O)c1c(-c2ccccc2)c2c(C)cccc2[nH]c1=O. The number of H-pyrrole nitrogens is 1. The Morgan fingerprint density at radius 2 is 1.82 bits per heavy atom. The minimum Gasteiger partial charge on any atom is -0.321 e. The Morgan fingerprint density at radius 3 is 2.50 bits per heavy atom. The highest BCUT2D eigenvalue weighted by Crippen LogP contribution is 2.31. The Hall–Kier alpha value is -2.94. The third kappa shape index (κ3) is 2.17. The molecule has 2 aromatic carbocycles. The molecule has 0 aliphatic carbocycles. The van der Waals surface area contributed by atoms with E-state index in [1.165, 1.54) is 6.08 Å². The quantitative estimate of drug-likeness (QED) is 0.587. The second kappa shape index (κ2) is 5.45. The largest absolute Gasteiger partial charge is 0.321 e. The van der Waals surface area contributed by atoms with Gasteiger partial charge in [0.1, 0.15) is 0 Å². The predicted octanol–water partition coefficient (Wildman–Crippen LogP) is 3.87. The van der Waals surface area contributed by atoms with E-state index in [0.717, 1.165) is 22.0 Å². The first-order valence-electron chi connectivity index (χ1n) is 7.01. The van der Waals surface area contributed by atoms with Crippen LogP contribution in [0.2, 0.25) is 0 Å². The molecule has 0 aliphatic heterocycles. The minimum atomic E-state index is -0.387. The summed E-state index contributed by atoms with van der Waals surface area (Å²) in [5.74, 6) is -0.370. The second-order valence-corrected chi connectivity index (χ2v) is 5.14. The molecule has 108 valence electrons. The molecular formula is C19H15NO2. The van der Waals surface area contributed by atoms with Crippen LogP contribution in [0.1, 0.15) is 15.9 Å². The van der Waals surface area contributed by atoms with Crippen molar-refractivity contribution in [1.82, 2.24) is 4.98 Å². The molecule has 1 heterocycles.